The summed E-state index contributed by atoms with van der Waals surface area (Å²) in [4.78, 5) is 26.0. The van der Waals surface area contributed by atoms with Gasteiger partial charge in [-0.15, -0.1) is 16.4 Å². The van der Waals surface area contributed by atoms with Crippen LogP contribution in [0.15, 0.2) is 89.3 Å². The monoisotopic (exact) mass is 462 g/mol. The summed E-state index contributed by atoms with van der Waals surface area (Å²) >= 11 is 7.19. The van der Waals surface area contributed by atoms with Crippen LogP contribution in [0, 0.1) is 6.92 Å². The molecule has 2 amide bonds. The normalized spacial score (nSPS) is 11.2. The number of nitrogens with one attached hydrogen (secondary N) is 2. The Morgan fingerprint density at radius 3 is 2.31 bits per heavy atom. The summed E-state index contributed by atoms with van der Waals surface area (Å²) in [5.41, 5.74) is 6.23. The quantitative estimate of drug-likeness (QED) is 0.393. The molecule has 0 saturated heterocycles. The van der Waals surface area contributed by atoms with Crippen molar-refractivity contribution in [2.45, 2.75) is 6.92 Å². The molecule has 0 saturated carbocycles. The fraction of sp³-hybridized carbons (Fsp3) is 0.0417. The van der Waals surface area contributed by atoms with Crippen LogP contribution in [0.1, 0.15) is 15.9 Å². The lowest BCUT2D eigenvalue weighted by Crippen LogP contribution is -2.31. The zero-order valence-electron chi connectivity index (χ0n) is 17.1. The van der Waals surface area contributed by atoms with Gasteiger partial charge in [-0.1, -0.05) is 59.6 Å². The number of benzene rings is 3. The Kier molecular flexibility index (Phi) is 6.49. The van der Waals surface area contributed by atoms with Crippen molar-refractivity contribution >= 4 is 40.6 Å². The van der Waals surface area contributed by atoms with Crippen molar-refractivity contribution in [3.8, 4) is 11.3 Å². The van der Waals surface area contributed by atoms with Crippen LogP contribution >= 0.6 is 22.9 Å². The van der Waals surface area contributed by atoms with Gasteiger partial charge in [0.05, 0.1) is 5.69 Å². The molecule has 160 valence electrons. The minimum absolute atomic E-state index is 0.330. The minimum atomic E-state index is -0.406. The average molecular weight is 463 g/mol. The van der Waals surface area contributed by atoms with E-state index in [1.165, 1.54) is 15.9 Å². The highest BCUT2D eigenvalue weighted by Gasteiger charge is 2.16. The molecular weight excluding hydrogens is 444 g/mol. The van der Waals surface area contributed by atoms with E-state index in [2.05, 4.69) is 15.8 Å². The predicted molar refractivity (Wildman–Crippen MR) is 128 cm³/mol. The maximum atomic E-state index is 13.2. The number of amides is 2. The maximum Gasteiger partial charge on any atom is 0.332 e. The molecule has 6 nitrogen and oxygen atoms in total. The lowest BCUT2D eigenvalue weighted by Gasteiger charge is -2.10. The summed E-state index contributed by atoms with van der Waals surface area (Å²) in [6.07, 6.45) is 0. The first kappa shape index (κ1) is 21.5. The third kappa shape index (κ3) is 4.96. The fourth-order valence-electron chi connectivity index (χ4n) is 2.98. The SMILES string of the molecule is Cc1ccc(-c2csc(=NNC(=O)c3ccccc3)n2C(=O)Nc2ccc(Cl)cc2)cc1. The molecule has 0 aliphatic heterocycles. The topological polar surface area (TPSA) is 75.5 Å². The van der Waals surface area contributed by atoms with Crippen molar-refractivity contribution < 1.29 is 9.59 Å². The zero-order valence-corrected chi connectivity index (χ0v) is 18.7. The van der Waals surface area contributed by atoms with E-state index in [4.69, 9.17) is 11.6 Å². The largest absolute Gasteiger partial charge is 0.332 e. The Morgan fingerprint density at radius 2 is 1.62 bits per heavy atom. The van der Waals surface area contributed by atoms with Crippen molar-refractivity contribution in [3.63, 3.8) is 0 Å². The summed E-state index contributed by atoms with van der Waals surface area (Å²) in [6.45, 7) is 2.00. The minimum Gasteiger partial charge on any atom is -0.307 e. The van der Waals surface area contributed by atoms with E-state index in [-0.39, 0.29) is 5.91 Å². The Labute approximate surface area is 193 Å². The van der Waals surface area contributed by atoms with E-state index < -0.39 is 6.03 Å². The van der Waals surface area contributed by atoms with E-state index in [1.54, 1.807) is 48.5 Å². The lowest BCUT2D eigenvalue weighted by molar-refractivity contribution is 0.0953. The molecule has 1 aromatic heterocycles. The number of carbonyl (C=O) groups excluding carboxylic acids is 2. The Hall–Kier alpha value is -3.68. The van der Waals surface area contributed by atoms with Gasteiger partial charge in [0.2, 0.25) is 4.80 Å². The fourth-order valence-corrected chi connectivity index (χ4v) is 3.95. The lowest BCUT2D eigenvalue weighted by atomic mass is 10.1. The van der Waals surface area contributed by atoms with Crippen molar-refractivity contribution in [1.29, 1.82) is 0 Å². The van der Waals surface area contributed by atoms with Gasteiger partial charge < -0.3 is 5.32 Å². The molecular formula is C24H19ClN4O2S. The standard InChI is InChI=1S/C24H19ClN4O2S/c1-16-7-9-17(10-8-16)21-15-32-24(28-27-22(30)18-5-3-2-4-6-18)29(21)23(31)26-20-13-11-19(25)12-14-20/h2-15H,1H3,(H,26,31)(H,27,30). The second kappa shape index (κ2) is 9.64. The number of hydrogen-bond acceptors (Lipinski definition) is 4. The smallest absolute Gasteiger partial charge is 0.307 e. The molecule has 8 heteroatoms. The summed E-state index contributed by atoms with van der Waals surface area (Å²) in [5.74, 6) is -0.361. The van der Waals surface area contributed by atoms with Gasteiger partial charge in [-0.3, -0.25) is 4.79 Å². The number of carbonyl (C=O) groups is 2. The number of thiazole rings is 1. The van der Waals surface area contributed by atoms with Crippen LogP contribution in [-0.4, -0.2) is 16.5 Å². The first-order valence-corrected chi connectivity index (χ1v) is 11.0. The molecule has 0 atom stereocenters. The number of aryl methyl sites for hydroxylation is 1. The van der Waals surface area contributed by atoms with E-state index in [1.807, 2.05) is 42.6 Å². The van der Waals surface area contributed by atoms with Crippen molar-refractivity contribution in [2.24, 2.45) is 5.10 Å². The molecule has 4 aromatic rings. The first-order chi connectivity index (χ1) is 15.5. The van der Waals surface area contributed by atoms with E-state index in [0.717, 1.165) is 11.1 Å². The average Bonchev–Trinajstić information content (AvgIpc) is 3.24. The van der Waals surface area contributed by atoms with Gasteiger partial charge in [0.25, 0.3) is 5.91 Å². The molecule has 1 heterocycles. The summed E-state index contributed by atoms with van der Waals surface area (Å²) < 4.78 is 1.44. The van der Waals surface area contributed by atoms with Crippen molar-refractivity contribution in [3.05, 3.63) is 105 Å². The molecule has 2 N–H and O–H groups in total. The molecule has 0 unspecified atom stereocenters. The molecule has 3 aromatic carbocycles. The van der Waals surface area contributed by atoms with Crippen LogP contribution in [0.4, 0.5) is 10.5 Å². The molecule has 0 radical (unpaired) electrons. The Balaban J connectivity index is 1.71. The number of hydrogen-bond donors (Lipinski definition) is 2. The van der Waals surface area contributed by atoms with Crippen LogP contribution in [0.2, 0.25) is 5.02 Å². The van der Waals surface area contributed by atoms with Gasteiger partial charge in [-0.05, 0) is 48.9 Å². The summed E-state index contributed by atoms with van der Waals surface area (Å²) in [5, 5.41) is 9.48. The number of halogens is 1. The second-order valence-corrected chi connectivity index (χ2v) is 8.23. The molecule has 0 aliphatic carbocycles. The molecule has 0 spiro atoms. The molecule has 4 rings (SSSR count). The van der Waals surface area contributed by atoms with Crippen LogP contribution in [0.25, 0.3) is 11.3 Å². The van der Waals surface area contributed by atoms with Gasteiger partial charge in [0.1, 0.15) is 0 Å². The number of nitrogens with zero attached hydrogens (tertiary/aromatic N) is 2. The van der Waals surface area contributed by atoms with Gasteiger partial charge in [-0.2, -0.15) is 0 Å². The van der Waals surface area contributed by atoms with Crippen LogP contribution in [0.5, 0.6) is 0 Å². The van der Waals surface area contributed by atoms with E-state index in [9.17, 15) is 9.59 Å². The van der Waals surface area contributed by atoms with Gasteiger partial charge in [0, 0.05) is 21.7 Å². The number of aromatic nitrogens is 1. The highest BCUT2D eigenvalue weighted by atomic mass is 35.5. The number of anilines is 1. The zero-order chi connectivity index (χ0) is 22.5. The van der Waals surface area contributed by atoms with E-state index >= 15 is 0 Å². The first-order valence-electron chi connectivity index (χ1n) is 9.75. The van der Waals surface area contributed by atoms with Crippen molar-refractivity contribution in [2.75, 3.05) is 5.32 Å². The van der Waals surface area contributed by atoms with Crippen LogP contribution < -0.4 is 15.5 Å². The van der Waals surface area contributed by atoms with E-state index in [0.29, 0.717) is 26.8 Å². The molecule has 0 aliphatic rings. The second-order valence-electron chi connectivity index (χ2n) is 6.96. The van der Waals surface area contributed by atoms with Gasteiger partial charge in [-0.25, -0.2) is 14.8 Å². The maximum absolute atomic E-state index is 13.2. The summed E-state index contributed by atoms with van der Waals surface area (Å²) in [6, 6.07) is 23.0. The molecule has 0 fully saturated rings. The van der Waals surface area contributed by atoms with Crippen molar-refractivity contribution in [1.82, 2.24) is 9.99 Å². The third-order valence-electron chi connectivity index (χ3n) is 4.64. The Bertz CT molecular complexity index is 1310. The highest BCUT2D eigenvalue weighted by molar-refractivity contribution is 7.07. The van der Waals surface area contributed by atoms with Gasteiger partial charge in [0.15, 0.2) is 0 Å². The summed E-state index contributed by atoms with van der Waals surface area (Å²) in [7, 11) is 0. The van der Waals surface area contributed by atoms with Crippen LogP contribution in [0.3, 0.4) is 0 Å². The predicted octanol–water partition coefficient (Wildman–Crippen LogP) is 5.50. The van der Waals surface area contributed by atoms with Gasteiger partial charge >= 0.3 is 6.03 Å². The highest BCUT2D eigenvalue weighted by Crippen LogP contribution is 2.21. The third-order valence-corrected chi connectivity index (χ3v) is 5.72. The molecule has 32 heavy (non-hydrogen) atoms. The Morgan fingerprint density at radius 1 is 0.938 bits per heavy atom. The van der Waals surface area contributed by atoms with Crippen LogP contribution in [-0.2, 0) is 0 Å². The molecule has 0 bridgehead atoms. The number of rotatable bonds is 4.